The summed E-state index contributed by atoms with van der Waals surface area (Å²) in [4.78, 5) is 0.515. The summed E-state index contributed by atoms with van der Waals surface area (Å²) in [6, 6.07) is 28.8. The van der Waals surface area contributed by atoms with Crippen LogP contribution >= 0.6 is 23.2 Å². The van der Waals surface area contributed by atoms with Crippen molar-refractivity contribution in [3.63, 3.8) is 0 Å². The molecule has 0 radical (unpaired) electrons. The Morgan fingerprint density at radius 3 is 1.45 bits per heavy atom. The van der Waals surface area contributed by atoms with Crippen LogP contribution in [0.25, 0.3) is 21.5 Å². The molecule has 160 valence electrons. The molecule has 0 aliphatic rings. The summed E-state index contributed by atoms with van der Waals surface area (Å²) in [5, 5.41) is 4.60. The average Bonchev–Trinajstić information content (AvgIpc) is 2.83. The molecule has 31 heavy (non-hydrogen) atoms. The van der Waals surface area contributed by atoms with Crippen molar-refractivity contribution in [3.05, 3.63) is 84.9 Å². The zero-order chi connectivity index (χ0) is 21.5. The molecule has 4 aromatic carbocycles. The average molecular weight is 518 g/mol. The van der Waals surface area contributed by atoms with Crippen LogP contribution in [0.2, 0.25) is 9.63 Å². The first kappa shape index (κ1) is 22.3. The van der Waals surface area contributed by atoms with E-state index in [1.165, 1.54) is 10.8 Å². The molecular formula is C26H24Cl2O2Se. The zero-order valence-electron chi connectivity index (χ0n) is 17.0. The van der Waals surface area contributed by atoms with Gasteiger partial charge >= 0.3 is 200 Å². The molecule has 2 atom stereocenters. The molecule has 0 bridgehead atoms. The molecule has 2 unspecified atom stereocenters. The standard InChI is InChI=1S/C26H24Cl2O2Se/c27-15-21(17-29-25-13-5-9-19-7-1-3-11-23(19)25)31-22(16-28)18-30-26-14-6-10-20-8-2-4-12-24(20)26/h1-14,21-22H,15-18H2. The monoisotopic (exact) mass is 518 g/mol. The van der Waals surface area contributed by atoms with Crippen molar-refractivity contribution in [2.24, 2.45) is 0 Å². The SMILES string of the molecule is ClCC(COc1cccc2ccccc12)[Se]C(CCl)COc1cccc2ccccc12. The van der Waals surface area contributed by atoms with Crippen LogP contribution in [0, 0.1) is 0 Å². The topological polar surface area (TPSA) is 18.5 Å². The van der Waals surface area contributed by atoms with Crippen molar-refractivity contribution < 1.29 is 9.47 Å². The third kappa shape index (κ3) is 5.67. The van der Waals surface area contributed by atoms with E-state index in [2.05, 4.69) is 36.4 Å². The third-order valence-corrected chi connectivity index (χ3v) is 9.54. The Morgan fingerprint density at radius 1 is 0.581 bits per heavy atom. The predicted molar refractivity (Wildman–Crippen MR) is 134 cm³/mol. The Hall–Kier alpha value is -1.90. The van der Waals surface area contributed by atoms with Gasteiger partial charge in [-0.1, -0.05) is 0 Å². The molecule has 0 aliphatic heterocycles. The summed E-state index contributed by atoms with van der Waals surface area (Å²) in [5.74, 6) is 2.90. The summed E-state index contributed by atoms with van der Waals surface area (Å²) in [5.41, 5.74) is 0. The minimum absolute atomic E-state index is 0.193. The van der Waals surface area contributed by atoms with Gasteiger partial charge in [0.25, 0.3) is 0 Å². The zero-order valence-corrected chi connectivity index (χ0v) is 20.3. The number of alkyl halides is 2. The summed E-state index contributed by atoms with van der Waals surface area (Å²) in [6.45, 7) is 1.17. The van der Waals surface area contributed by atoms with Gasteiger partial charge in [-0.05, 0) is 0 Å². The minimum atomic E-state index is 0.193. The number of ether oxygens (including phenoxy) is 2. The first-order valence-corrected chi connectivity index (χ1v) is 13.3. The van der Waals surface area contributed by atoms with Crippen LogP contribution in [0.5, 0.6) is 11.5 Å². The summed E-state index contributed by atoms with van der Waals surface area (Å²) in [6.07, 6.45) is 0. The molecule has 5 heteroatoms. The Bertz CT molecular complexity index is 1030. The summed E-state index contributed by atoms with van der Waals surface area (Å²) >= 11 is 12.8. The fourth-order valence-corrected chi connectivity index (χ4v) is 6.52. The van der Waals surface area contributed by atoms with Gasteiger partial charge in [-0.2, -0.15) is 0 Å². The van der Waals surface area contributed by atoms with E-state index in [4.69, 9.17) is 32.7 Å². The number of rotatable bonds is 10. The van der Waals surface area contributed by atoms with E-state index < -0.39 is 0 Å². The van der Waals surface area contributed by atoms with Crippen molar-refractivity contribution in [1.29, 1.82) is 0 Å². The maximum absolute atomic E-state index is 6.30. The molecule has 0 saturated heterocycles. The number of benzene rings is 4. The number of halogens is 2. The summed E-state index contributed by atoms with van der Waals surface area (Å²) < 4.78 is 12.4. The molecular weight excluding hydrogens is 494 g/mol. The van der Waals surface area contributed by atoms with E-state index in [0.717, 1.165) is 22.3 Å². The van der Waals surface area contributed by atoms with Crippen molar-refractivity contribution in [3.8, 4) is 11.5 Å². The van der Waals surface area contributed by atoms with E-state index >= 15 is 0 Å². The van der Waals surface area contributed by atoms with Crippen LogP contribution in [-0.2, 0) is 0 Å². The van der Waals surface area contributed by atoms with Gasteiger partial charge < -0.3 is 0 Å². The second-order valence-corrected chi connectivity index (χ2v) is 11.3. The Balaban J connectivity index is 1.37. The van der Waals surface area contributed by atoms with Gasteiger partial charge in [0, 0.05) is 0 Å². The number of fused-ring (bicyclic) bond motifs is 2. The van der Waals surface area contributed by atoms with E-state index in [9.17, 15) is 0 Å². The maximum atomic E-state index is 6.30. The molecule has 0 aromatic heterocycles. The van der Waals surface area contributed by atoms with Crippen LogP contribution in [0.4, 0.5) is 0 Å². The fraction of sp³-hybridized carbons (Fsp3) is 0.231. The van der Waals surface area contributed by atoms with Gasteiger partial charge in [0.1, 0.15) is 0 Å². The molecule has 4 rings (SSSR count). The van der Waals surface area contributed by atoms with Crippen LogP contribution in [0.3, 0.4) is 0 Å². The first-order chi connectivity index (χ1) is 15.3. The third-order valence-electron chi connectivity index (χ3n) is 5.08. The van der Waals surface area contributed by atoms with E-state index in [1.807, 2.05) is 48.5 Å². The van der Waals surface area contributed by atoms with Crippen LogP contribution in [-0.4, -0.2) is 39.9 Å². The van der Waals surface area contributed by atoms with Gasteiger partial charge in [0.05, 0.1) is 0 Å². The van der Waals surface area contributed by atoms with Gasteiger partial charge in [-0.15, -0.1) is 0 Å². The van der Waals surface area contributed by atoms with E-state index in [-0.39, 0.29) is 24.6 Å². The van der Waals surface area contributed by atoms with Gasteiger partial charge in [-0.25, -0.2) is 0 Å². The van der Waals surface area contributed by atoms with Crippen molar-refractivity contribution in [2.75, 3.05) is 25.0 Å². The quantitative estimate of drug-likeness (QED) is 0.163. The van der Waals surface area contributed by atoms with E-state index in [1.54, 1.807) is 0 Å². The predicted octanol–water partition coefficient (Wildman–Crippen LogP) is 7.21. The molecule has 0 fully saturated rings. The molecule has 4 aromatic rings. The molecule has 0 spiro atoms. The molecule has 0 aliphatic carbocycles. The van der Waals surface area contributed by atoms with Crippen molar-refractivity contribution in [2.45, 2.75) is 9.63 Å². The molecule has 0 amide bonds. The van der Waals surface area contributed by atoms with Gasteiger partial charge in [-0.3, -0.25) is 0 Å². The second kappa shape index (κ2) is 11.1. The fourth-order valence-electron chi connectivity index (χ4n) is 3.52. The van der Waals surface area contributed by atoms with Gasteiger partial charge in [0.2, 0.25) is 0 Å². The molecule has 0 N–H and O–H groups in total. The van der Waals surface area contributed by atoms with Crippen LogP contribution in [0.15, 0.2) is 84.9 Å². The van der Waals surface area contributed by atoms with Crippen LogP contribution < -0.4 is 9.47 Å². The first-order valence-electron chi connectivity index (χ1n) is 10.3. The Kier molecular flexibility index (Phi) is 7.99. The van der Waals surface area contributed by atoms with Crippen molar-refractivity contribution >= 4 is 59.7 Å². The van der Waals surface area contributed by atoms with Crippen LogP contribution in [0.1, 0.15) is 0 Å². The normalized spacial score (nSPS) is 13.2. The second-order valence-electron chi connectivity index (χ2n) is 7.27. The summed E-state index contributed by atoms with van der Waals surface area (Å²) in [7, 11) is 0. The molecule has 2 nitrogen and oxygen atoms in total. The Morgan fingerprint density at radius 2 is 1.00 bits per heavy atom. The van der Waals surface area contributed by atoms with Gasteiger partial charge in [0.15, 0.2) is 0 Å². The Labute approximate surface area is 199 Å². The van der Waals surface area contributed by atoms with E-state index in [0.29, 0.717) is 25.0 Å². The molecule has 0 saturated carbocycles. The number of hydrogen-bond donors (Lipinski definition) is 0. The molecule has 0 heterocycles. The van der Waals surface area contributed by atoms with Crippen molar-refractivity contribution in [1.82, 2.24) is 0 Å². The number of hydrogen-bond acceptors (Lipinski definition) is 2.